The van der Waals surface area contributed by atoms with Crippen molar-refractivity contribution in [2.24, 2.45) is 0 Å². The van der Waals surface area contributed by atoms with Crippen molar-refractivity contribution in [3.05, 3.63) is 77.6 Å². The summed E-state index contributed by atoms with van der Waals surface area (Å²) in [5.41, 5.74) is 1.91. The van der Waals surface area contributed by atoms with Crippen LogP contribution in [0, 0.1) is 0 Å². The highest BCUT2D eigenvalue weighted by molar-refractivity contribution is 6.23. The van der Waals surface area contributed by atoms with Gasteiger partial charge in [-0.25, -0.2) is 0 Å². The van der Waals surface area contributed by atoms with Crippen LogP contribution in [-0.2, 0) is 4.79 Å². The van der Waals surface area contributed by atoms with E-state index >= 15 is 0 Å². The Morgan fingerprint density at radius 2 is 1.75 bits per heavy atom. The average molecular weight is 432 g/mol. The second kappa shape index (κ2) is 8.70. The van der Waals surface area contributed by atoms with Crippen LogP contribution in [0.3, 0.4) is 0 Å². The van der Waals surface area contributed by atoms with Gasteiger partial charge in [-0.2, -0.15) is 0 Å². The van der Waals surface area contributed by atoms with Crippen LogP contribution in [0.5, 0.6) is 11.5 Å². The number of imide groups is 1. The van der Waals surface area contributed by atoms with Crippen LogP contribution in [0.15, 0.2) is 60.9 Å². The molecule has 3 aromatic rings. The van der Waals surface area contributed by atoms with Gasteiger partial charge in [0.25, 0.3) is 11.8 Å². The third-order valence-electron chi connectivity index (χ3n) is 5.47. The number of amides is 2. The zero-order valence-corrected chi connectivity index (χ0v) is 18.2. The Balaban J connectivity index is 1.81. The third-order valence-corrected chi connectivity index (χ3v) is 5.47. The molecule has 0 N–H and O–H groups in total. The summed E-state index contributed by atoms with van der Waals surface area (Å²) in [6.45, 7) is 3.72. The lowest BCUT2D eigenvalue weighted by Crippen LogP contribution is -2.35. The number of carbonyl (C=O) groups is 3. The summed E-state index contributed by atoms with van der Waals surface area (Å²) in [5.74, 6) is 0.0550. The first-order valence-electron chi connectivity index (χ1n) is 10.4. The zero-order chi connectivity index (χ0) is 22.8. The van der Waals surface area contributed by atoms with Crippen LogP contribution < -0.4 is 9.47 Å². The predicted octanol–water partition coefficient (Wildman–Crippen LogP) is 4.20. The predicted molar refractivity (Wildman–Crippen MR) is 118 cm³/mol. The van der Waals surface area contributed by atoms with E-state index in [1.54, 1.807) is 41.0 Å². The van der Waals surface area contributed by atoms with Gasteiger partial charge < -0.3 is 14.0 Å². The molecule has 1 aromatic heterocycles. The van der Waals surface area contributed by atoms with Gasteiger partial charge in [0.15, 0.2) is 11.5 Å². The average Bonchev–Trinajstić information content (AvgIpc) is 3.40. The zero-order valence-electron chi connectivity index (χ0n) is 18.2. The molecule has 1 aliphatic rings. The second-order valence-electron chi connectivity index (χ2n) is 7.54. The molecule has 0 unspecified atom stereocenters. The molecule has 0 fully saturated rings. The Kier molecular flexibility index (Phi) is 5.81. The van der Waals surface area contributed by atoms with E-state index in [1.807, 2.05) is 31.5 Å². The third kappa shape index (κ3) is 3.66. The molecular formula is C25H24N2O5. The summed E-state index contributed by atoms with van der Waals surface area (Å²) in [6, 6.07) is 13.3. The summed E-state index contributed by atoms with van der Waals surface area (Å²) in [5, 5.41) is 0. The van der Waals surface area contributed by atoms with Crippen molar-refractivity contribution in [1.82, 2.24) is 9.47 Å². The number of Topliss-reactive ketones (excluding diaryl/α,β-unsaturated/α-hetero) is 1. The first-order valence-corrected chi connectivity index (χ1v) is 10.4. The molecule has 4 rings (SSSR count). The van der Waals surface area contributed by atoms with E-state index in [1.165, 1.54) is 18.9 Å². The maximum Gasteiger partial charge on any atom is 0.264 e. The lowest BCUT2D eigenvalue weighted by atomic mass is 9.99. The Bertz CT molecular complexity index is 1180. The number of benzene rings is 2. The number of ether oxygens (including phenoxy) is 2. The number of carbonyl (C=O) groups excluding carboxylic acids is 3. The Hall–Kier alpha value is -3.87. The molecule has 2 aromatic carbocycles. The lowest BCUT2D eigenvalue weighted by molar-refractivity contribution is -0.117. The van der Waals surface area contributed by atoms with E-state index in [0.717, 1.165) is 0 Å². The molecule has 0 bridgehead atoms. The molecule has 0 aliphatic carbocycles. The molecule has 0 spiro atoms. The number of hydrogen-bond acceptors (Lipinski definition) is 5. The number of fused-ring (bicyclic) bond motifs is 1. The first-order chi connectivity index (χ1) is 15.5. The van der Waals surface area contributed by atoms with Crippen molar-refractivity contribution in [3.8, 4) is 17.2 Å². The van der Waals surface area contributed by atoms with E-state index in [4.69, 9.17) is 9.47 Å². The van der Waals surface area contributed by atoms with Crippen LogP contribution >= 0.6 is 0 Å². The largest absolute Gasteiger partial charge is 0.493 e. The highest BCUT2D eigenvalue weighted by Crippen LogP contribution is 2.39. The Morgan fingerprint density at radius 1 is 1.00 bits per heavy atom. The molecule has 7 nitrogen and oxygen atoms in total. The van der Waals surface area contributed by atoms with Gasteiger partial charge in [0.05, 0.1) is 36.6 Å². The van der Waals surface area contributed by atoms with E-state index in [9.17, 15) is 14.4 Å². The number of ketones is 1. The quantitative estimate of drug-likeness (QED) is 0.499. The highest BCUT2D eigenvalue weighted by Gasteiger charge is 2.42. The smallest absolute Gasteiger partial charge is 0.264 e. The van der Waals surface area contributed by atoms with Gasteiger partial charge in [-0.15, -0.1) is 0 Å². The van der Waals surface area contributed by atoms with E-state index < -0.39 is 17.9 Å². The molecule has 1 aliphatic heterocycles. The number of rotatable bonds is 8. The molecule has 7 heteroatoms. The molecule has 0 saturated carbocycles. The number of hydrogen-bond donors (Lipinski definition) is 0. The normalized spacial score (nSPS) is 13.8. The van der Waals surface area contributed by atoms with Crippen LogP contribution in [0.1, 0.15) is 52.6 Å². The number of aromatic nitrogens is 1. The summed E-state index contributed by atoms with van der Waals surface area (Å²) >= 11 is 0. The lowest BCUT2D eigenvalue weighted by Gasteiger charge is -2.26. The van der Waals surface area contributed by atoms with Crippen LogP contribution in [-0.4, -0.2) is 40.8 Å². The Labute approximate surface area is 186 Å². The summed E-state index contributed by atoms with van der Waals surface area (Å²) in [7, 11) is 1.54. The first kappa shape index (κ1) is 21.4. The maximum absolute atomic E-state index is 13.6. The van der Waals surface area contributed by atoms with Gasteiger partial charge in [-0.1, -0.05) is 12.1 Å². The molecule has 2 amide bonds. The molecule has 0 radical (unpaired) electrons. The molecule has 164 valence electrons. The Morgan fingerprint density at radius 3 is 2.41 bits per heavy atom. The second-order valence-corrected chi connectivity index (χ2v) is 7.54. The fourth-order valence-electron chi connectivity index (χ4n) is 4.08. The fourth-order valence-corrected chi connectivity index (χ4v) is 4.08. The molecular weight excluding hydrogens is 408 g/mol. The van der Waals surface area contributed by atoms with Crippen LogP contribution in [0.2, 0.25) is 0 Å². The van der Waals surface area contributed by atoms with Crippen molar-refractivity contribution in [2.45, 2.75) is 26.3 Å². The van der Waals surface area contributed by atoms with Gasteiger partial charge in [-0.3, -0.25) is 19.3 Å². The summed E-state index contributed by atoms with van der Waals surface area (Å²) in [4.78, 5) is 40.3. The number of methoxy groups -OCH3 is 1. The van der Waals surface area contributed by atoms with Crippen molar-refractivity contribution in [1.29, 1.82) is 0 Å². The highest BCUT2D eigenvalue weighted by atomic mass is 16.5. The van der Waals surface area contributed by atoms with Crippen LogP contribution in [0.4, 0.5) is 0 Å². The van der Waals surface area contributed by atoms with Crippen LogP contribution in [0.25, 0.3) is 5.69 Å². The van der Waals surface area contributed by atoms with Gasteiger partial charge in [0.1, 0.15) is 5.78 Å². The number of nitrogens with zero attached hydrogens (tertiary/aromatic N) is 2. The summed E-state index contributed by atoms with van der Waals surface area (Å²) in [6.07, 6.45) is 3.64. The minimum atomic E-state index is -0.762. The fraction of sp³-hybridized carbons (Fsp3) is 0.240. The van der Waals surface area contributed by atoms with Gasteiger partial charge >= 0.3 is 0 Å². The topological polar surface area (TPSA) is 77.8 Å². The van der Waals surface area contributed by atoms with Crippen molar-refractivity contribution in [2.75, 3.05) is 13.7 Å². The minimum Gasteiger partial charge on any atom is -0.493 e. The maximum atomic E-state index is 13.6. The summed E-state index contributed by atoms with van der Waals surface area (Å²) < 4.78 is 12.8. The van der Waals surface area contributed by atoms with E-state index in [0.29, 0.717) is 40.5 Å². The van der Waals surface area contributed by atoms with Crippen molar-refractivity contribution in [3.63, 3.8) is 0 Å². The van der Waals surface area contributed by atoms with Crippen molar-refractivity contribution >= 4 is 17.6 Å². The molecule has 32 heavy (non-hydrogen) atoms. The van der Waals surface area contributed by atoms with Gasteiger partial charge in [0, 0.05) is 18.8 Å². The molecule has 1 atom stereocenters. The molecule has 2 heterocycles. The van der Waals surface area contributed by atoms with Crippen molar-refractivity contribution < 1.29 is 23.9 Å². The van der Waals surface area contributed by atoms with E-state index in [-0.39, 0.29) is 12.2 Å². The minimum absolute atomic E-state index is 0.00220. The van der Waals surface area contributed by atoms with E-state index in [2.05, 4.69) is 0 Å². The SMILES string of the molecule is CCOc1cc([C@@H](CC(C)=O)N2C(=O)c3cccc(-n4cccc4)c3C2=O)ccc1OC. The monoisotopic (exact) mass is 432 g/mol. The standard InChI is InChI=1S/C25H24N2O5/c1-4-32-22-15-17(10-11-21(22)31-3)20(14-16(2)28)27-24(29)18-8-7-9-19(23(18)25(27)30)26-12-5-6-13-26/h5-13,15,20H,4,14H2,1-3H3/t20-/m1/s1. The molecule has 0 saturated heterocycles. The van der Waals surface area contributed by atoms with Gasteiger partial charge in [0.2, 0.25) is 0 Å². The van der Waals surface area contributed by atoms with Gasteiger partial charge in [-0.05, 0) is 55.8 Å².